The Morgan fingerprint density at radius 1 is 0.706 bits per heavy atom. The molecule has 2 aliphatic carbocycles. The van der Waals surface area contributed by atoms with Crippen LogP contribution in [0.3, 0.4) is 0 Å². The van der Waals surface area contributed by atoms with Gasteiger partial charge in [-0.2, -0.15) is 0 Å². The van der Waals surface area contributed by atoms with Gasteiger partial charge in [-0.25, -0.2) is 0 Å². The first-order valence-corrected chi connectivity index (χ1v) is 45.7. The van der Waals surface area contributed by atoms with E-state index in [4.69, 9.17) is 28.9 Å². The van der Waals surface area contributed by atoms with Crippen LogP contribution in [0.1, 0.15) is 183 Å². The molecule has 1 heterocycles. The maximum absolute atomic E-state index is 14.4. The third-order valence-electron chi connectivity index (χ3n) is 20.0. The second-order valence-electron chi connectivity index (χ2n) is 32.3. The Morgan fingerprint density at radius 2 is 1.14 bits per heavy atom. The van der Waals surface area contributed by atoms with Gasteiger partial charge in [-0.15, -0.1) is 18.9 Å². The molecule has 85 heavy (non-hydrogen) atoms. The second-order valence-corrected chi connectivity index (χ2v) is 54.2. The van der Waals surface area contributed by atoms with Gasteiger partial charge in [0.15, 0.2) is 39.1 Å². The summed E-state index contributed by atoms with van der Waals surface area (Å²) in [4.78, 5) is 11.8. The molecule has 7 nitrogen and oxygen atoms in total. The molecule has 3 fully saturated rings. The van der Waals surface area contributed by atoms with Crippen LogP contribution >= 0.6 is 7.14 Å². The van der Waals surface area contributed by atoms with E-state index in [-0.39, 0.29) is 49.8 Å². The number of hydrogen-bond donors (Lipinski definition) is 0. The molecule has 2 saturated carbocycles. The second kappa shape index (κ2) is 31.5. The van der Waals surface area contributed by atoms with Crippen molar-refractivity contribution in [3.63, 3.8) is 0 Å². The Bertz CT molecular complexity index is 2530. The first-order chi connectivity index (χ1) is 38.5. The van der Waals surface area contributed by atoms with E-state index in [2.05, 4.69) is 209 Å². The number of allylic oxidation sites excluding steroid dienone is 2. The summed E-state index contributed by atoms with van der Waals surface area (Å²) >= 11 is 0. The molecule has 5 rings (SSSR count). The van der Waals surface area contributed by atoms with Crippen molar-refractivity contribution in [3.05, 3.63) is 109 Å². The summed E-state index contributed by atoms with van der Waals surface area (Å²) < 4.78 is 46.4. The highest BCUT2D eigenvalue weighted by Gasteiger charge is 2.62. The van der Waals surface area contributed by atoms with Crippen molar-refractivity contribution < 1.29 is 31.8 Å². The molecule has 0 bridgehead atoms. The van der Waals surface area contributed by atoms with Crippen LogP contribution < -0.4 is 10.6 Å². The fourth-order valence-electron chi connectivity index (χ4n) is 9.81. The number of fused-ring (bicyclic) bond motifs is 1. The van der Waals surface area contributed by atoms with Crippen molar-refractivity contribution in [2.75, 3.05) is 6.16 Å². The first-order valence-electron chi connectivity index (χ1n) is 32.2. The van der Waals surface area contributed by atoms with Gasteiger partial charge in [-0.1, -0.05) is 202 Å². The van der Waals surface area contributed by atoms with Crippen molar-refractivity contribution in [1.82, 2.24) is 0 Å². The summed E-state index contributed by atoms with van der Waals surface area (Å²) in [6, 6.07) is 19.8. The van der Waals surface area contributed by atoms with Crippen molar-refractivity contribution in [3.8, 4) is 12.3 Å². The first kappa shape index (κ1) is 78.6. The van der Waals surface area contributed by atoms with Crippen LogP contribution in [0.25, 0.3) is 0 Å². The Morgan fingerprint density at radius 3 is 1.55 bits per heavy atom. The molecule has 10 atom stereocenters. The zero-order valence-electron chi connectivity index (χ0n) is 59.5. The Balaban J connectivity index is 0.000000405. The SMILES string of the molecule is C#CC[C@H](C)C[C@H](O[Si](C)(C)C(C)(C)C)C(=C)C.C=C1/C(=C\CP(=O)(c2ccccc2)c2ccccc2)C[C@H](C)C[C@@H]1O[Si](C)(C)C(C)(C)C.C=CC[C@H](C)C[C@H](O[Si](C)(C)C(C)(C)C)C(C)=O.C[C@@H]1C[C@H](O[Si](C)(C)C(C)(C)C)[C@]2(C)O[C@@H]2C1. The number of ether oxygens (including phenoxy) is 1. The van der Waals surface area contributed by atoms with E-state index in [1.54, 1.807) is 6.92 Å². The summed E-state index contributed by atoms with van der Waals surface area (Å²) in [5.41, 5.74) is 3.45. The summed E-state index contributed by atoms with van der Waals surface area (Å²) in [6.07, 6.45) is 18.6. The van der Waals surface area contributed by atoms with Gasteiger partial charge in [0.1, 0.15) is 18.8 Å². The molecule has 0 amide bonds. The summed E-state index contributed by atoms with van der Waals surface area (Å²) in [6.45, 7) is 72.6. The van der Waals surface area contributed by atoms with E-state index in [1.165, 1.54) is 18.4 Å². The van der Waals surface area contributed by atoms with Gasteiger partial charge in [0.05, 0.1) is 24.4 Å². The van der Waals surface area contributed by atoms with Gasteiger partial charge in [0.25, 0.3) is 0 Å². The number of ketones is 1. The molecule has 2 aromatic carbocycles. The molecular weight excluding hydrogens is 1130 g/mol. The molecule has 2 aromatic rings. The highest BCUT2D eigenvalue weighted by molar-refractivity contribution is 7.78. The van der Waals surface area contributed by atoms with E-state index < -0.39 is 40.4 Å². The molecule has 1 saturated heterocycles. The molecule has 1 aliphatic heterocycles. The molecule has 0 aromatic heterocycles. The van der Waals surface area contributed by atoms with Crippen molar-refractivity contribution in [1.29, 1.82) is 0 Å². The van der Waals surface area contributed by atoms with Crippen LogP contribution in [-0.2, 0) is 31.8 Å². The van der Waals surface area contributed by atoms with Crippen LogP contribution in [-0.4, -0.2) is 81.3 Å². The van der Waals surface area contributed by atoms with E-state index in [0.29, 0.717) is 36.1 Å². The van der Waals surface area contributed by atoms with Gasteiger partial charge >= 0.3 is 0 Å². The molecule has 0 N–H and O–H groups in total. The lowest BCUT2D eigenvalue weighted by Crippen LogP contribution is -2.49. The molecule has 0 unspecified atom stereocenters. The monoisotopic (exact) mass is 1260 g/mol. The largest absolute Gasteiger partial charge is 0.411 e. The standard InChI is InChI=1S/C28H39O2PSi.C16H30OSi.C15H30O2Si.C14H28O2Si/c1-22-20-24(23(2)27(21-22)30-32(6,7)28(3,4)5)18-19-31(29,25-14-10-8-11-15-25)26-16-12-9-13-17-26;1-10-11-14(4)12-15(13(2)3)17-18(8,9)16(5,6)7;1-9-10-12(2)11-14(13(3)16)17-18(7,8)15(4,5)6;1-10-8-11-14(5,15-11)12(9-10)16-17(6,7)13(2,3)4/h8-18,22,27H,2,19-21H2,1,3-7H3;1,14-15H,2,11-12H2,3-9H3;9,12,14H,1,10-11H2,2-8H3;10-12H,8-9H2,1-7H3/b24-18-;;;/t22-,27-;14-,15-;12-,14-;10-,11+,12-,14+/m0000/s1. The Hall–Kier alpha value is -2.47. The van der Waals surface area contributed by atoms with Crippen LogP contribution in [0.15, 0.2) is 109 Å². The topological polar surface area (TPSA) is 83.6 Å². The van der Waals surface area contributed by atoms with Crippen LogP contribution in [0, 0.1) is 36.0 Å². The zero-order valence-corrected chi connectivity index (χ0v) is 64.4. The minimum Gasteiger partial charge on any atom is -0.411 e. The molecule has 0 spiro atoms. The summed E-state index contributed by atoms with van der Waals surface area (Å²) in [5.74, 6) is 5.08. The van der Waals surface area contributed by atoms with Crippen LogP contribution in [0.5, 0.6) is 0 Å². The predicted octanol–water partition coefficient (Wildman–Crippen LogP) is 20.8. The van der Waals surface area contributed by atoms with Gasteiger partial charge in [0.2, 0.25) is 0 Å². The van der Waals surface area contributed by atoms with E-state index in [1.807, 2.05) is 66.7 Å². The smallest absolute Gasteiger partial charge is 0.193 e. The number of benzene rings is 2. The van der Waals surface area contributed by atoms with Crippen LogP contribution in [0.2, 0.25) is 72.5 Å². The maximum Gasteiger partial charge on any atom is 0.193 e. The summed E-state index contributed by atoms with van der Waals surface area (Å²) in [7, 11) is -9.94. The van der Waals surface area contributed by atoms with Crippen molar-refractivity contribution in [2.45, 2.75) is 292 Å². The third kappa shape index (κ3) is 23.4. The number of carbonyl (C=O) groups is 1. The van der Waals surface area contributed by atoms with E-state index >= 15 is 0 Å². The quantitative estimate of drug-likeness (QED) is 0.0405. The Kier molecular flexibility index (Phi) is 29.1. The zero-order chi connectivity index (χ0) is 65.8. The molecule has 3 aliphatic rings. The highest BCUT2D eigenvalue weighted by atomic mass is 31.2. The average molecular weight is 1260 g/mol. The molecular formula is C73H127O7PSi4. The lowest BCUT2D eigenvalue weighted by molar-refractivity contribution is -0.124. The van der Waals surface area contributed by atoms with Crippen molar-refractivity contribution in [2.24, 2.45) is 23.7 Å². The fraction of sp³-hybridized carbons (Fsp3) is 0.685. The molecule has 0 radical (unpaired) electrons. The lowest BCUT2D eigenvalue weighted by Gasteiger charge is -2.42. The van der Waals surface area contributed by atoms with Gasteiger partial charge in [-0.05, 0) is 173 Å². The van der Waals surface area contributed by atoms with E-state index in [0.717, 1.165) is 66.2 Å². The highest BCUT2D eigenvalue weighted by Crippen LogP contribution is 2.53. The van der Waals surface area contributed by atoms with Gasteiger partial charge < -0.3 is 27.0 Å². The van der Waals surface area contributed by atoms with Crippen molar-refractivity contribution >= 4 is 56.8 Å². The summed E-state index contributed by atoms with van der Waals surface area (Å²) in [5, 5.41) is 2.64. The number of epoxide rings is 1. The number of hydrogen-bond acceptors (Lipinski definition) is 7. The lowest BCUT2D eigenvalue weighted by atomic mass is 9.82. The number of rotatable bonds is 21. The normalized spacial score (nSPS) is 23.4. The molecule has 12 heteroatoms. The average Bonchev–Trinajstić information content (AvgIpc) is 1.81. The predicted molar refractivity (Wildman–Crippen MR) is 382 cm³/mol. The third-order valence-corrected chi connectivity index (χ3v) is 40.9. The van der Waals surface area contributed by atoms with E-state index in [9.17, 15) is 9.36 Å². The number of Topliss-reactive ketones (excluding diaryl/α,β-unsaturated/α-hetero) is 1. The molecule has 482 valence electrons. The minimum absolute atomic E-state index is 0.0298. The van der Waals surface area contributed by atoms with Gasteiger partial charge in [0, 0.05) is 23.2 Å². The Labute approximate surface area is 528 Å². The van der Waals surface area contributed by atoms with Gasteiger partial charge in [-0.3, -0.25) is 4.79 Å². The maximum atomic E-state index is 14.4. The number of terminal acetylenes is 1. The van der Waals surface area contributed by atoms with Crippen LogP contribution in [0.4, 0.5) is 0 Å². The minimum atomic E-state index is -2.77. The fourth-order valence-corrected chi connectivity index (χ4v) is 17.7. The number of carbonyl (C=O) groups excluding carboxylic acids is 1.